The highest BCUT2D eigenvalue weighted by Gasteiger charge is 2.37. The van der Waals surface area contributed by atoms with Gasteiger partial charge < -0.3 is 9.80 Å². The number of benzene rings is 1. The molecule has 1 aromatic carbocycles. The standard InChI is InChI=1S/C21H21N5O2/c27-19-7-6-18-14-24(8-9-25(18)19)21(28)17-10-16-12-23-26(20(16)22-11-17)13-15-4-2-1-3-5-15/h1-5,10-12,18H,6-9,13-14H2/t18-/m0/s1. The highest BCUT2D eigenvalue weighted by molar-refractivity contribution is 5.97. The lowest BCUT2D eigenvalue weighted by Gasteiger charge is -2.37. The van der Waals surface area contributed by atoms with Crippen molar-refractivity contribution in [2.75, 3.05) is 19.6 Å². The van der Waals surface area contributed by atoms with Crippen LogP contribution in [0.5, 0.6) is 0 Å². The number of pyridine rings is 1. The Morgan fingerprint density at radius 1 is 1.14 bits per heavy atom. The van der Waals surface area contributed by atoms with Gasteiger partial charge in [0.2, 0.25) is 5.91 Å². The van der Waals surface area contributed by atoms with Crippen LogP contribution in [0.2, 0.25) is 0 Å². The van der Waals surface area contributed by atoms with Crippen LogP contribution in [0.25, 0.3) is 11.0 Å². The molecule has 2 aliphatic heterocycles. The maximum atomic E-state index is 13.0. The molecule has 2 aliphatic rings. The second-order valence-corrected chi connectivity index (χ2v) is 7.46. The van der Waals surface area contributed by atoms with Crippen LogP contribution in [0.4, 0.5) is 0 Å². The molecule has 0 aliphatic carbocycles. The fraction of sp³-hybridized carbons (Fsp3) is 0.333. The summed E-state index contributed by atoms with van der Waals surface area (Å²) in [6.07, 6.45) is 4.84. The van der Waals surface area contributed by atoms with E-state index in [1.807, 2.05) is 38.7 Å². The Labute approximate surface area is 162 Å². The number of hydrogen-bond donors (Lipinski definition) is 0. The molecule has 28 heavy (non-hydrogen) atoms. The molecule has 7 heteroatoms. The van der Waals surface area contributed by atoms with Gasteiger partial charge in [0.25, 0.3) is 5.91 Å². The molecule has 4 heterocycles. The minimum atomic E-state index is -0.0239. The van der Waals surface area contributed by atoms with Crippen LogP contribution in [0.3, 0.4) is 0 Å². The van der Waals surface area contributed by atoms with Gasteiger partial charge >= 0.3 is 0 Å². The molecule has 0 N–H and O–H groups in total. The molecule has 0 radical (unpaired) electrons. The van der Waals surface area contributed by atoms with E-state index in [1.54, 1.807) is 12.4 Å². The molecule has 0 unspecified atom stereocenters. The lowest BCUT2D eigenvalue weighted by molar-refractivity contribution is -0.130. The maximum absolute atomic E-state index is 13.0. The van der Waals surface area contributed by atoms with E-state index < -0.39 is 0 Å². The summed E-state index contributed by atoms with van der Waals surface area (Å²) < 4.78 is 1.85. The number of carbonyl (C=O) groups excluding carboxylic acids is 2. The van der Waals surface area contributed by atoms with Gasteiger partial charge in [0.1, 0.15) is 0 Å². The summed E-state index contributed by atoms with van der Waals surface area (Å²) in [6, 6.07) is 12.1. The molecular weight excluding hydrogens is 354 g/mol. The van der Waals surface area contributed by atoms with Crippen LogP contribution in [0.15, 0.2) is 48.8 Å². The Morgan fingerprint density at radius 3 is 2.86 bits per heavy atom. The molecule has 2 fully saturated rings. The zero-order valence-corrected chi connectivity index (χ0v) is 15.5. The molecular formula is C21H21N5O2. The lowest BCUT2D eigenvalue weighted by Crippen LogP contribution is -2.53. The minimum Gasteiger partial charge on any atom is -0.336 e. The molecule has 0 saturated carbocycles. The Kier molecular flexibility index (Phi) is 4.07. The number of amides is 2. The first-order valence-electron chi connectivity index (χ1n) is 9.63. The van der Waals surface area contributed by atoms with E-state index >= 15 is 0 Å². The zero-order valence-electron chi connectivity index (χ0n) is 15.5. The van der Waals surface area contributed by atoms with Gasteiger partial charge in [-0.2, -0.15) is 5.10 Å². The van der Waals surface area contributed by atoms with Crippen molar-refractivity contribution in [3.05, 3.63) is 59.9 Å². The summed E-state index contributed by atoms with van der Waals surface area (Å²) in [5.74, 6) is 0.190. The van der Waals surface area contributed by atoms with E-state index in [-0.39, 0.29) is 17.9 Å². The van der Waals surface area contributed by atoms with Crippen molar-refractivity contribution < 1.29 is 9.59 Å². The van der Waals surface area contributed by atoms with E-state index in [9.17, 15) is 9.59 Å². The number of carbonyl (C=O) groups is 2. The molecule has 7 nitrogen and oxygen atoms in total. The van der Waals surface area contributed by atoms with Crippen LogP contribution in [0, 0.1) is 0 Å². The number of hydrogen-bond acceptors (Lipinski definition) is 4. The van der Waals surface area contributed by atoms with Crippen LogP contribution >= 0.6 is 0 Å². The van der Waals surface area contributed by atoms with Gasteiger partial charge in [-0.3, -0.25) is 9.59 Å². The maximum Gasteiger partial charge on any atom is 0.255 e. The monoisotopic (exact) mass is 375 g/mol. The van der Waals surface area contributed by atoms with E-state index in [4.69, 9.17) is 0 Å². The molecule has 2 amide bonds. The Morgan fingerprint density at radius 2 is 2.00 bits per heavy atom. The summed E-state index contributed by atoms with van der Waals surface area (Å²) in [4.78, 5) is 33.1. The number of rotatable bonds is 3. The van der Waals surface area contributed by atoms with E-state index in [0.717, 1.165) is 23.0 Å². The molecule has 2 aromatic heterocycles. The molecule has 0 bridgehead atoms. The minimum absolute atomic E-state index is 0.0239. The summed E-state index contributed by atoms with van der Waals surface area (Å²) in [6.45, 7) is 2.45. The first kappa shape index (κ1) is 16.9. The summed E-state index contributed by atoms with van der Waals surface area (Å²) >= 11 is 0. The quantitative estimate of drug-likeness (QED) is 0.701. The topological polar surface area (TPSA) is 71.3 Å². The average molecular weight is 375 g/mol. The summed E-state index contributed by atoms with van der Waals surface area (Å²) in [5, 5.41) is 5.30. The van der Waals surface area contributed by atoms with Gasteiger partial charge in [0, 0.05) is 43.7 Å². The normalized spacial score (nSPS) is 19.3. The summed E-state index contributed by atoms with van der Waals surface area (Å²) in [5.41, 5.74) is 2.49. The van der Waals surface area contributed by atoms with Crippen LogP contribution in [-0.2, 0) is 11.3 Å². The summed E-state index contributed by atoms with van der Waals surface area (Å²) in [7, 11) is 0. The van der Waals surface area contributed by atoms with Crippen LogP contribution in [-0.4, -0.2) is 62.1 Å². The van der Waals surface area contributed by atoms with Gasteiger partial charge in [-0.1, -0.05) is 30.3 Å². The fourth-order valence-corrected chi connectivity index (χ4v) is 4.19. The van der Waals surface area contributed by atoms with E-state index in [1.165, 1.54) is 0 Å². The highest BCUT2D eigenvalue weighted by atomic mass is 16.2. The van der Waals surface area contributed by atoms with Gasteiger partial charge in [-0.05, 0) is 18.1 Å². The number of aromatic nitrogens is 3. The van der Waals surface area contributed by atoms with Crippen molar-refractivity contribution in [1.82, 2.24) is 24.6 Å². The smallest absolute Gasteiger partial charge is 0.255 e. The van der Waals surface area contributed by atoms with Crippen molar-refractivity contribution in [3.63, 3.8) is 0 Å². The van der Waals surface area contributed by atoms with Crippen molar-refractivity contribution in [2.24, 2.45) is 0 Å². The molecule has 3 aromatic rings. The third-order valence-electron chi connectivity index (χ3n) is 5.68. The van der Waals surface area contributed by atoms with Crippen molar-refractivity contribution >= 4 is 22.8 Å². The van der Waals surface area contributed by atoms with Crippen molar-refractivity contribution in [2.45, 2.75) is 25.4 Å². The Hall–Kier alpha value is -3.22. The van der Waals surface area contributed by atoms with Crippen molar-refractivity contribution in [3.8, 4) is 0 Å². The number of piperazine rings is 1. The SMILES string of the molecule is O=C(c1cnc2c(cnn2Cc2ccccc2)c1)N1CCN2C(=O)CC[C@H]2C1. The Bertz CT molecular complexity index is 1050. The third-order valence-corrected chi connectivity index (χ3v) is 5.68. The third kappa shape index (κ3) is 2.93. The second kappa shape index (κ2) is 6.74. The largest absolute Gasteiger partial charge is 0.336 e. The molecule has 1 atom stereocenters. The first-order valence-corrected chi connectivity index (χ1v) is 9.63. The van der Waals surface area contributed by atoms with Gasteiger partial charge in [-0.25, -0.2) is 9.67 Å². The molecule has 142 valence electrons. The number of nitrogens with zero attached hydrogens (tertiary/aromatic N) is 5. The van der Waals surface area contributed by atoms with Crippen LogP contribution in [0.1, 0.15) is 28.8 Å². The second-order valence-electron chi connectivity index (χ2n) is 7.46. The van der Waals surface area contributed by atoms with Crippen LogP contribution < -0.4 is 0 Å². The molecule has 5 rings (SSSR count). The fourth-order valence-electron chi connectivity index (χ4n) is 4.19. The zero-order chi connectivity index (χ0) is 19.1. The van der Waals surface area contributed by atoms with E-state index in [2.05, 4.69) is 22.2 Å². The van der Waals surface area contributed by atoms with Crippen molar-refractivity contribution in [1.29, 1.82) is 0 Å². The predicted molar refractivity (Wildman–Crippen MR) is 104 cm³/mol. The van der Waals surface area contributed by atoms with E-state index in [0.29, 0.717) is 38.2 Å². The Balaban J connectivity index is 1.35. The predicted octanol–water partition coefficient (Wildman–Crippen LogP) is 1.93. The molecule has 0 spiro atoms. The van der Waals surface area contributed by atoms with Gasteiger partial charge in [-0.15, -0.1) is 0 Å². The first-order chi connectivity index (χ1) is 13.7. The molecule has 2 saturated heterocycles. The lowest BCUT2D eigenvalue weighted by atomic mass is 10.1. The highest BCUT2D eigenvalue weighted by Crippen LogP contribution is 2.24. The van der Waals surface area contributed by atoms with Gasteiger partial charge in [0.05, 0.1) is 18.3 Å². The van der Waals surface area contributed by atoms with Gasteiger partial charge in [0.15, 0.2) is 5.65 Å². The average Bonchev–Trinajstić information content (AvgIpc) is 3.31. The number of fused-ring (bicyclic) bond motifs is 2.